The van der Waals surface area contributed by atoms with Crippen molar-refractivity contribution >= 4 is 23.2 Å². The van der Waals surface area contributed by atoms with Crippen molar-refractivity contribution in [1.29, 1.82) is 0 Å². The maximum Gasteiger partial charge on any atom is 0.416 e. The van der Waals surface area contributed by atoms with Gasteiger partial charge in [-0.1, -0.05) is 24.3 Å². The van der Waals surface area contributed by atoms with Gasteiger partial charge >= 0.3 is 6.18 Å². The van der Waals surface area contributed by atoms with E-state index in [4.69, 9.17) is 0 Å². The molecule has 0 radical (unpaired) electrons. The molecule has 1 N–H and O–H groups in total. The first-order valence-corrected chi connectivity index (χ1v) is 8.08. The highest BCUT2D eigenvalue weighted by Gasteiger charge is 2.49. The van der Waals surface area contributed by atoms with Crippen molar-refractivity contribution in [3.63, 3.8) is 0 Å². The molecule has 0 heterocycles. The number of hydrogen-bond acceptors (Lipinski definition) is 2. The van der Waals surface area contributed by atoms with Gasteiger partial charge in [0.15, 0.2) is 0 Å². The van der Waals surface area contributed by atoms with Gasteiger partial charge in [0.1, 0.15) is 0 Å². The molecule has 0 saturated heterocycles. The Bertz CT molecular complexity index is 821. The van der Waals surface area contributed by atoms with Crippen LogP contribution < -0.4 is 10.2 Å². The summed E-state index contributed by atoms with van der Waals surface area (Å²) in [5.74, 6) is -1.60. The summed E-state index contributed by atoms with van der Waals surface area (Å²) in [4.78, 5) is 26.2. The van der Waals surface area contributed by atoms with Gasteiger partial charge in [-0.3, -0.25) is 9.59 Å². The van der Waals surface area contributed by atoms with E-state index in [1.54, 1.807) is 19.2 Å². The van der Waals surface area contributed by atoms with E-state index in [0.717, 1.165) is 17.8 Å². The molecule has 136 valence electrons. The minimum Gasteiger partial charge on any atom is -0.326 e. The fourth-order valence-electron chi connectivity index (χ4n) is 2.79. The van der Waals surface area contributed by atoms with E-state index >= 15 is 0 Å². The Balaban J connectivity index is 1.62. The number of carbonyl (C=O) groups excluding carboxylic acids is 2. The quantitative estimate of drug-likeness (QED) is 0.896. The first kappa shape index (κ1) is 18.0. The number of nitrogens with zero attached hydrogens (tertiary/aromatic N) is 1. The smallest absolute Gasteiger partial charge is 0.326 e. The van der Waals surface area contributed by atoms with Crippen molar-refractivity contribution in [2.45, 2.75) is 12.6 Å². The van der Waals surface area contributed by atoms with Gasteiger partial charge in [-0.05, 0) is 36.8 Å². The molecule has 1 aliphatic carbocycles. The predicted molar refractivity (Wildman–Crippen MR) is 91.5 cm³/mol. The second kappa shape index (κ2) is 6.82. The van der Waals surface area contributed by atoms with Crippen LogP contribution in [0.3, 0.4) is 0 Å². The fourth-order valence-corrected chi connectivity index (χ4v) is 2.79. The third-order valence-electron chi connectivity index (χ3n) is 4.38. The molecule has 0 spiro atoms. The number of alkyl halides is 3. The van der Waals surface area contributed by atoms with E-state index in [9.17, 15) is 22.8 Å². The summed E-state index contributed by atoms with van der Waals surface area (Å²) in [6.07, 6.45) is -4.09. The maximum absolute atomic E-state index is 12.7. The molecule has 2 atom stereocenters. The van der Waals surface area contributed by atoms with Crippen molar-refractivity contribution in [1.82, 2.24) is 0 Å². The third kappa shape index (κ3) is 3.87. The molecule has 2 aromatic rings. The number of nitrogens with one attached hydrogen (secondary N) is 1. The Morgan fingerprint density at radius 1 is 1.04 bits per heavy atom. The van der Waals surface area contributed by atoms with Gasteiger partial charge in [-0.2, -0.15) is 13.2 Å². The highest BCUT2D eigenvalue weighted by molar-refractivity contribution is 6.04. The Hall–Kier alpha value is -2.83. The molecule has 2 aromatic carbocycles. The summed E-state index contributed by atoms with van der Waals surface area (Å²) in [6.45, 7) is 0. The molecule has 4 nitrogen and oxygen atoms in total. The first-order chi connectivity index (χ1) is 12.3. The van der Waals surface area contributed by atoms with E-state index in [-0.39, 0.29) is 11.6 Å². The summed E-state index contributed by atoms with van der Waals surface area (Å²) in [6, 6.07) is 13.5. The lowest BCUT2D eigenvalue weighted by Crippen LogP contribution is -2.29. The number of halogens is 3. The highest BCUT2D eigenvalue weighted by Crippen LogP contribution is 2.41. The molecule has 7 heteroatoms. The lowest BCUT2D eigenvalue weighted by atomic mass is 10.2. The van der Waals surface area contributed by atoms with Crippen molar-refractivity contribution < 1.29 is 22.8 Å². The highest BCUT2D eigenvalue weighted by atomic mass is 19.4. The molecule has 0 bridgehead atoms. The zero-order valence-corrected chi connectivity index (χ0v) is 14.0. The van der Waals surface area contributed by atoms with Crippen LogP contribution in [0.4, 0.5) is 24.5 Å². The van der Waals surface area contributed by atoms with Gasteiger partial charge in [-0.25, -0.2) is 0 Å². The summed E-state index contributed by atoms with van der Waals surface area (Å²) in [5, 5.41) is 2.47. The SMILES string of the molecule is CN(C(=O)C1CC1C(=O)Nc1cccc(C(F)(F)F)c1)c1ccccc1. The predicted octanol–water partition coefficient (Wildman–Crippen LogP) is 3.94. The molecule has 0 aromatic heterocycles. The lowest BCUT2D eigenvalue weighted by Gasteiger charge is -2.17. The lowest BCUT2D eigenvalue weighted by molar-refractivity contribution is -0.137. The van der Waals surface area contributed by atoms with Crippen LogP contribution in [0.2, 0.25) is 0 Å². The Labute approximate surface area is 148 Å². The molecule has 1 fully saturated rings. The van der Waals surface area contributed by atoms with Crippen molar-refractivity contribution in [2.24, 2.45) is 11.8 Å². The average Bonchev–Trinajstić information content (AvgIpc) is 3.41. The standard InChI is InChI=1S/C19H17F3N2O2/c1-24(14-8-3-2-4-9-14)18(26)16-11-15(16)17(25)23-13-7-5-6-12(10-13)19(20,21)22/h2-10,15-16H,11H2,1H3,(H,23,25). The Morgan fingerprint density at radius 2 is 1.73 bits per heavy atom. The average molecular weight is 362 g/mol. The van der Waals surface area contributed by atoms with Crippen molar-refractivity contribution in [2.75, 3.05) is 17.3 Å². The van der Waals surface area contributed by atoms with E-state index in [0.29, 0.717) is 6.42 Å². The largest absolute Gasteiger partial charge is 0.416 e. The van der Waals surface area contributed by atoms with Gasteiger partial charge in [0.2, 0.25) is 11.8 Å². The molecule has 2 amide bonds. The number of benzene rings is 2. The third-order valence-corrected chi connectivity index (χ3v) is 4.38. The van der Waals surface area contributed by atoms with Crippen LogP contribution >= 0.6 is 0 Å². The summed E-state index contributed by atoms with van der Waals surface area (Å²) in [7, 11) is 1.64. The number of hydrogen-bond donors (Lipinski definition) is 1. The molecule has 3 rings (SSSR count). The van der Waals surface area contributed by atoms with Crippen LogP contribution in [-0.2, 0) is 15.8 Å². The van der Waals surface area contributed by atoms with E-state index in [1.807, 2.05) is 18.2 Å². The van der Waals surface area contributed by atoms with Crippen molar-refractivity contribution in [3.05, 3.63) is 60.2 Å². The molecular weight excluding hydrogens is 345 g/mol. The molecule has 1 saturated carbocycles. The van der Waals surface area contributed by atoms with Gasteiger partial charge in [0.25, 0.3) is 0 Å². The first-order valence-electron chi connectivity index (χ1n) is 8.08. The minimum atomic E-state index is -4.47. The van der Waals surface area contributed by atoms with Crippen molar-refractivity contribution in [3.8, 4) is 0 Å². The Morgan fingerprint density at radius 3 is 2.38 bits per heavy atom. The summed E-state index contributed by atoms with van der Waals surface area (Å²) in [5.41, 5.74) is -0.0386. The van der Waals surface area contributed by atoms with E-state index in [1.165, 1.54) is 17.0 Å². The van der Waals surface area contributed by atoms with Crippen LogP contribution in [0.25, 0.3) is 0 Å². The van der Waals surface area contributed by atoms with Crippen LogP contribution in [0.5, 0.6) is 0 Å². The van der Waals surface area contributed by atoms with E-state index < -0.39 is 29.5 Å². The normalized spacial score (nSPS) is 18.9. The molecule has 2 unspecified atom stereocenters. The monoisotopic (exact) mass is 362 g/mol. The number of amides is 2. The molecule has 1 aliphatic rings. The van der Waals surface area contributed by atoms with Crippen LogP contribution in [-0.4, -0.2) is 18.9 Å². The number of rotatable bonds is 4. The molecule has 0 aliphatic heterocycles. The zero-order chi connectivity index (χ0) is 18.9. The Kier molecular flexibility index (Phi) is 4.71. The maximum atomic E-state index is 12.7. The van der Waals surface area contributed by atoms with E-state index in [2.05, 4.69) is 5.32 Å². The molecular formula is C19H17F3N2O2. The number of carbonyl (C=O) groups is 2. The number of para-hydroxylation sites is 1. The number of anilines is 2. The second-order valence-corrected chi connectivity index (χ2v) is 6.25. The van der Waals surface area contributed by atoms with Crippen LogP contribution in [0.15, 0.2) is 54.6 Å². The van der Waals surface area contributed by atoms with Gasteiger partial charge in [0, 0.05) is 18.4 Å². The topological polar surface area (TPSA) is 49.4 Å². The van der Waals surface area contributed by atoms with Crippen LogP contribution in [0, 0.1) is 11.8 Å². The van der Waals surface area contributed by atoms with Gasteiger partial charge in [0.05, 0.1) is 17.4 Å². The van der Waals surface area contributed by atoms with Gasteiger partial charge < -0.3 is 10.2 Å². The van der Waals surface area contributed by atoms with Crippen LogP contribution in [0.1, 0.15) is 12.0 Å². The summed E-state index contributed by atoms with van der Waals surface area (Å²) >= 11 is 0. The minimum absolute atomic E-state index is 0.0688. The second-order valence-electron chi connectivity index (χ2n) is 6.25. The van der Waals surface area contributed by atoms with Gasteiger partial charge in [-0.15, -0.1) is 0 Å². The fraction of sp³-hybridized carbons (Fsp3) is 0.263. The summed E-state index contributed by atoms with van der Waals surface area (Å²) < 4.78 is 38.2. The molecule has 26 heavy (non-hydrogen) atoms. The zero-order valence-electron chi connectivity index (χ0n) is 14.0.